The van der Waals surface area contributed by atoms with Gasteiger partial charge in [0.25, 0.3) is 0 Å². The number of aromatic nitrogens is 3. The van der Waals surface area contributed by atoms with Gasteiger partial charge in [-0.25, -0.2) is 18.2 Å². The van der Waals surface area contributed by atoms with E-state index in [-0.39, 0.29) is 47.4 Å². The van der Waals surface area contributed by atoms with Gasteiger partial charge in [0.2, 0.25) is 0 Å². The number of halogens is 3. The number of ether oxygens (including phenoxy) is 1. The van der Waals surface area contributed by atoms with E-state index in [1.807, 2.05) is 0 Å². The van der Waals surface area contributed by atoms with Gasteiger partial charge in [-0.15, -0.1) is 6.42 Å². The van der Waals surface area contributed by atoms with Gasteiger partial charge in [-0.2, -0.15) is 9.97 Å². The molecule has 0 radical (unpaired) electrons. The van der Waals surface area contributed by atoms with Gasteiger partial charge in [-0.05, 0) is 68.2 Å². The van der Waals surface area contributed by atoms with Crippen LogP contribution in [0, 0.1) is 29.9 Å². The van der Waals surface area contributed by atoms with Gasteiger partial charge >= 0.3 is 6.01 Å². The van der Waals surface area contributed by atoms with Crippen LogP contribution >= 0.6 is 0 Å². The predicted octanol–water partition coefficient (Wildman–Crippen LogP) is 5.14. The van der Waals surface area contributed by atoms with Crippen LogP contribution in [0.1, 0.15) is 50.3 Å². The number of nitrogens with two attached hydrogens (primary N) is 1. The Kier molecular flexibility index (Phi) is 6.44. The van der Waals surface area contributed by atoms with Gasteiger partial charge in [-0.3, -0.25) is 4.90 Å². The number of anilines is 2. The molecule has 6 atom stereocenters. The number of rotatable bonds is 4. The van der Waals surface area contributed by atoms with Gasteiger partial charge in [0.15, 0.2) is 5.82 Å². The molecule has 0 saturated carbocycles. The number of nitrogens with one attached hydrogen (secondary N) is 1. The van der Waals surface area contributed by atoms with Gasteiger partial charge in [0.05, 0.1) is 22.2 Å². The molecule has 0 unspecified atom stereocenters. The summed E-state index contributed by atoms with van der Waals surface area (Å²) in [6.07, 6.45) is 9.78. The number of nitrogens with zero attached hydrogens (tertiary/aromatic N) is 5. The molecule has 4 fully saturated rings. The molecule has 2 aromatic heterocycles. The van der Waals surface area contributed by atoms with Crippen molar-refractivity contribution < 1.29 is 17.9 Å². The van der Waals surface area contributed by atoms with Crippen molar-refractivity contribution in [2.24, 2.45) is 5.92 Å². The van der Waals surface area contributed by atoms with E-state index in [1.54, 1.807) is 18.2 Å². The quantitative estimate of drug-likeness (QED) is 0.234. The summed E-state index contributed by atoms with van der Waals surface area (Å²) in [7, 11) is 0. The number of pyridine rings is 1. The third-order valence-electron chi connectivity index (χ3n) is 11.4. The first-order valence-electron chi connectivity index (χ1n) is 16.7. The number of benzene rings is 2. The fourth-order valence-corrected chi connectivity index (χ4v) is 9.44. The summed E-state index contributed by atoms with van der Waals surface area (Å²) in [6.45, 7) is 4.39. The fraction of sp³-hybridized carbons (Fsp3) is 0.472. The van der Waals surface area contributed by atoms with Crippen LogP contribution in [0.2, 0.25) is 0 Å². The first-order valence-corrected chi connectivity index (χ1v) is 16.7. The highest BCUT2D eigenvalue weighted by Crippen LogP contribution is 2.45. The number of nitrogen functional groups attached to an aromatic ring is 1. The number of hydrogen-bond acceptors (Lipinski definition) is 8. The third-order valence-corrected chi connectivity index (χ3v) is 11.4. The Bertz CT molecular complexity index is 2020. The zero-order valence-corrected chi connectivity index (χ0v) is 26.2. The maximum absolute atomic E-state index is 17.2. The molecule has 5 aliphatic heterocycles. The van der Waals surface area contributed by atoms with E-state index in [9.17, 15) is 4.39 Å². The molecule has 8 nitrogen and oxygen atoms in total. The Morgan fingerprint density at radius 3 is 2.87 bits per heavy atom. The second-order valence-corrected chi connectivity index (χ2v) is 14.2. The SMILES string of the molecule is C#Cc1c(F)ccc2cc(N)cc(-c3nc4c5c(nc(OC[C@@]67CCCN6C[C@H](F)C7)nc5c3F)N3C[C@H]5CC[C@H](N5)[C@@H]3[C@@H](C)C4)c12. The topological polar surface area (TPSA) is 92.4 Å². The Morgan fingerprint density at radius 1 is 1.15 bits per heavy atom. The zero-order valence-electron chi connectivity index (χ0n) is 26.2. The molecule has 11 heteroatoms. The second-order valence-electron chi connectivity index (χ2n) is 14.2. The molecular formula is C36H36F3N7O. The van der Waals surface area contributed by atoms with Crippen LogP contribution in [-0.2, 0) is 6.42 Å². The Morgan fingerprint density at radius 2 is 2.02 bits per heavy atom. The van der Waals surface area contributed by atoms with Crippen LogP contribution in [0.4, 0.5) is 24.7 Å². The summed E-state index contributed by atoms with van der Waals surface area (Å²) >= 11 is 0. The van der Waals surface area contributed by atoms with Gasteiger partial charge in [0, 0.05) is 54.3 Å². The average Bonchev–Trinajstić information content (AvgIpc) is 3.69. The molecule has 0 aliphatic carbocycles. The van der Waals surface area contributed by atoms with Crippen LogP contribution in [0.3, 0.4) is 0 Å². The number of terminal acetylenes is 1. The summed E-state index contributed by atoms with van der Waals surface area (Å²) < 4.78 is 53.2. The van der Waals surface area contributed by atoms with Crippen molar-refractivity contribution in [2.75, 3.05) is 36.9 Å². The number of fused-ring (bicyclic) bond motifs is 7. The molecule has 4 aromatic rings. The minimum absolute atomic E-state index is 0.00541. The lowest BCUT2D eigenvalue weighted by atomic mass is 9.89. The Labute approximate surface area is 270 Å². The molecule has 5 aliphatic rings. The Balaban J connectivity index is 1.26. The van der Waals surface area contributed by atoms with Crippen molar-refractivity contribution in [3.63, 3.8) is 0 Å². The van der Waals surface area contributed by atoms with E-state index in [4.69, 9.17) is 31.8 Å². The van der Waals surface area contributed by atoms with E-state index >= 15 is 8.78 Å². The normalized spacial score (nSPS) is 29.6. The molecule has 7 heterocycles. The molecule has 3 N–H and O–H groups in total. The van der Waals surface area contributed by atoms with Crippen molar-refractivity contribution >= 4 is 33.2 Å². The molecule has 47 heavy (non-hydrogen) atoms. The molecule has 242 valence electrons. The highest BCUT2D eigenvalue weighted by molar-refractivity contribution is 6.04. The summed E-state index contributed by atoms with van der Waals surface area (Å²) in [5.41, 5.74) is 7.36. The lowest BCUT2D eigenvalue weighted by molar-refractivity contribution is 0.107. The van der Waals surface area contributed by atoms with Crippen molar-refractivity contribution in [3.05, 3.63) is 47.2 Å². The van der Waals surface area contributed by atoms with Gasteiger partial charge in [-0.1, -0.05) is 18.9 Å². The molecule has 2 aromatic carbocycles. The first-order chi connectivity index (χ1) is 22.7. The van der Waals surface area contributed by atoms with Crippen molar-refractivity contribution in [3.8, 4) is 29.6 Å². The smallest absolute Gasteiger partial charge is 0.319 e. The third kappa shape index (κ3) is 4.34. The Hall–Kier alpha value is -4.14. The van der Waals surface area contributed by atoms with Crippen LogP contribution in [0.15, 0.2) is 24.3 Å². The zero-order chi connectivity index (χ0) is 32.2. The van der Waals surface area contributed by atoms with E-state index in [2.05, 4.69) is 28.0 Å². The molecule has 4 saturated heterocycles. The molecular weight excluding hydrogens is 603 g/mol. The number of piperazine rings is 1. The van der Waals surface area contributed by atoms with E-state index < -0.39 is 23.3 Å². The van der Waals surface area contributed by atoms with Gasteiger partial charge in [0.1, 0.15) is 35.6 Å². The largest absolute Gasteiger partial charge is 0.461 e. The summed E-state index contributed by atoms with van der Waals surface area (Å²) in [6, 6.07) is 6.91. The molecule has 9 rings (SSSR count). The lowest BCUT2D eigenvalue weighted by Gasteiger charge is -2.43. The van der Waals surface area contributed by atoms with Gasteiger partial charge < -0.3 is 20.7 Å². The number of hydrogen-bond donors (Lipinski definition) is 2. The fourth-order valence-electron chi connectivity index (χ4n) is 9.44. The average molecular weight is 640 g/mol. The predicted molar refractivity (Wildman–Crippen MR) is 175 cm³/mol. The maximum atomic E-state index is 17.2. The van der Waals surface area contributed by atoms with E-state index in [0.29, 0.717) is 64.3 Å². The standard InChI is InChI=1S/C36H36F3N7O/c1-3-23-25(38)7-5-19-12-21(40)13-24(28(19)23)31-30(39)32-29-27(42-31)11-18(2)33-26-8-6-22(41-26)16-46(33)34(29)44-35(43-32)47-17-36-9-4-10-45(36)15-20(37)14-36/h1,5,7,12-13,18,20,22,26,33,41H,4,6,8-11,14-17,40H2,2H3/t18-,20+,22+,26-,33-,36-/m0/s1. The van der Waals surface area contributed by atoms with E-state index in [0.717, 1.165) is 38.8 Å². The lowest BCUT2D eigenvalue weighted by Crippen LogP contribution is -2.60. The van der Waals surface area contributed by atoms with Crippen LogP contribution in [0.5, 0.6) is 6.01 Å². The summed E-state index contributed by atoms with van der Waals surface area (Å²) in [5, 5.41) is 5.31. The summed E-state index contributed by atoms with van der Waals surface area (Å²) in [4.78, 5) is 19.2. The monoisotopic (exact) mass is 639 g/mol. The first kappa shape index (κ1) is 29.0. The molecule has 2 bridgehead atoms. The van der Waals surface area contributed by atoms with Crippen LogP contribution in [0.25, 0.3) is 32.9 Å². The van der Waals surface area contributed by atoms with Crippen molar-refractivity contribution in [1.29, 1.82) is 0 Å². The highest BCUT2D eigenvalue weighted by Gasteiger charge is 2.50. The minimum atomic E-state index is -0.904. The summed E-state index contributed by atoms with van der Waals surface area (Å²) in [5.74, 6) is 1.97. The van der Waals surface area contributed by atoms with Crippen LogP contribution < -0.4 is 20.7 Å². The molecule has 0 spiro atoms. The van der Waals surface area contributed by atoms with E-state index in [1.165, 1.54) is 6.07 Å². The minimum Gasteiger partial charge on any atom is -0.461 e. The maximum Gasteiger partial charge on any atom is 0.319 e. The highest BCUT2D eigenvalue weighted by atomic mass is 19.1. The van der Waals surface area contributed by atoms with Crippen molar-refractivity contribution in [2.45, 2.75) is 75.3 Å². The van der Waals surface area contributed by atoms with Crippen molar-refractivity contribution in [1.82, 2.24) is 25.2 Å². The second kappa shape index (κ2) is 10.4. The molecule has 0 amide bonds. The number of alkyl halides is 1. The van der Waals surface area contributed by atoms with Crippen LogP contribution in [-0.4, -0.2) is 75.9 Å².